The number of amides is 2. The Kier molecular flexibility index (Phi) is 6.65. The van der Waals surface area contributed by atoms with Crippen LogP contribution in [0.5, 0.6) is 11.5 Å². The quantitative estimate of drug-likeness (QED) is 0.528. The van der Waals surface area contributed by atoms with Crippen molar-refractivity contribution < 1.29 is 19.1 Å². The summed E-state index contributed by atoms with van der Waals surface area (Å²) >= 11 is 0. The molecular weight excluding hydrogens is 454 g/mol. The molecule has 0 spiro atoms. The molecule has 0 radical (unpaired) electrons. The number of benzene rings is 2. The highest BCUT2D eigenvalue weighted by Crippen LogP contribution is 2.34. The molecule has 2 aromatic carbocycles. The van der Waals surface area contributed by atoms with Gasteiger partial charge < -0.3 is 24.3 Å². The van der Waals surface area contributed by atoms with Crippen molar-refractivity contribution in [3.63, 3.8) is 0 Å². The van der Waals surface area contributed by atoms with Crippen LogP contribution in [0, 0.1) is 0 Å². The van der Waals surface area contributed by atoms with Gasteiger partial charge >= 0.3 is 0 Å². The van der Waals surface area contributed by atoms with Crippen LogP contribution >= 0.6 is 0 Å². The zero-order valence-corrected chi connectivity index (χ0v) is 21.4. The predicted octanol–water partition coefficient (Wildman–Crippen LogP) is 4.56. The third-order valence-electron chi connectivity index (χ3n) is 7.84. The number of nitrogens with one attached hydrogen (secondary N) is 1. The first-order valence-electron chi connectivity index (χ1n) is 12.9. The minimum atomic E-state index is -1.00. The molecule has 36 heavy (non-hydrogen) atoms. The second-order valence-corrected chi connectivity index (χ2v) is 10.2. The molecule has 1 atom stereocenters. The van der Waals surface area contributed by atoms with Crippen LogP contribution < -0.4 is 14.8 Å². The van der Waals surface area contributed by atoms with Gasteiger partial charge in [-0.1, -0.05) is 43.5 Å². The minimum Gasteiger partial charge on any atom is -0.493 e. The van der Waals surface area contributed by atoms with Crippen molar-refractivity contribution in [1.82, 2.24) is 14.8 Å². The van der Waals surface area contributed by atoms with Crippen molar-refractivity contribution in [3.8, 4) is 11.5 Å². The maximum atomic E-state index is 13.9. The number of para-hydroxylation sites is 1. The van der Waals surface area contributed by atoms with Gasteiger partial charge in [0.05, 0.1) is 20.8 Å². The van der Waals surface area contributed by atoms with Crippen LogP contribution in [0.4, 0.5) is 0 Å². The Morgan fingerprint density at radius 3 is 2.53 bits per heavy atom. The van der Waals surface area contributed by atoms with E-state index in [1.807, 2.05) is 60.0 Å². The molecule has 1 aliphatic carbocycles. The summed E-state index contributed by atoms with van der Waals surface area (Å²) < 4.78 is 12.8. The minimum absolute atomic E-state index is 0.0708. The molecule has 2 amide bonds. The second-order valence-electron chi connectivity index (χ2n) is 10.2. The van der Waals surface area contributed by atoms with Gasteiger partial charge in [-0.15, -0.1) is 0 Å². The number of hydrogen-bond acceptors (Lipinski definition) is 4. The molecule has 1 fully saturated rings. The monoisotopic (exact) mass is 489 g/mol. The maximum absolute atomic E-state index is 13.9. The summed E-state index contributed by atoms with van der Waals surface area (Å²) in [5, 5.41) is 4.31. The van der Waals surface area contributed by atoms with Crippen molar-refractivity contribution in [1.29, 1.82) is 0 Å². The van der Waals surface area contributed by atoms with Crippen LogP contribution in [-0.2, 0) is 17.8 Å². The fraction of sp³-hybridized carbons (Fsp3) is 0.448. The molecule has 0 unspecified atom stereocenters. The summed E-state index contributed by atoms with van der Waals surface area (Å²) in [6.07, 6.45) is 6.08. The van der Waals surface area contributed by atoms with Gasteiger partial charge in [0.1, 0.15) is 11.2 Å². The van der Waals surface area contributed by atoms with Gasteiger partial charge in [0.25, 0.3) is 5.91 Å². The van der Waals surface area contributed by atoms with Gasteiger partial charge in [-0.05, 0) is 56.0 Å². The molecule has 5 rings (SSSR count). The first-order chi connectivity index (χ1) is 17.4. The number of fused-ring (bicyclic) bond motifs is 3. The largest absolute Gasteiger partial charge is 0.493 e. The standard InChI is InChI=1S/C29H35N3O4/c1-29(28(34)30-22-10-5-4-6-11-22)19-31-23-12-8-7-9-21(23)18-24(31)27(33)32(29)16-15-20-13-14-25(35-2)26(17-20)36-3/h7-9,12-14,17-18,22H,4-6,10-11,15-16,19H2,1-3H3,(H,30,34)/t29-/m0/s1. The lowest BCUT2D eigenvalue weighted by Crippen LogP contribution is -2.65. The van der Waals surface area contributed by atoms with Gasteiger partial charge in [-0.25, -0.2) is 0 Å². The lowest BCUT2D eigenvalue weighted by atomic mass is 9.91. The van der Waals surface area contributed by atoms with E-state index < -0.39 is 5.54 Å². The Labute approximate surface area is 212 Å². The molecule has 1 aliphatic heterocycles. The van der Waals surface area contributed by atoms with Crippen LogP contribution in [0.25, 0.3) is 10.9 Å². The Morgan fingerprint density at radius 2 is 1.78 bits per heavy atom. The number of nitrogens with zero attached hydrogens (tertiary/aromatic N) is 2. The molecule has 3 aromatic rings. The van der Waals surface area contributed by atoms with Crippen molar-refractivity contribution in [2.24, 2.45) is 0 Å². The summed E-state index contributed by atoms with van der Waals surface area (Å²) in [5.74, 6) is 1.13. The van der Waals surface area contributed by atoms with Crippen molar-refractivity contribution in [3.05, 3.63) is 59.8 Å². The Balaban J connectivity index is 1.47. The van der Waals surface area contributed by atoms with E-state index in [1.54, 1.807) is 19.1 Å². The first kappa shape index (κ1) is 24.2. The number of carbonyl (C=O) groups excluding carboxylic acids is 2. The lowest BCUT2D eigenvalue weighted by molar-refractivity contribution is -0.133. The fourth-order valence-electron chi connectivity index (χ4n) is 5.72. The van der Waals surface area contributed by atoms with Crippen LogP contribution in [0.15, 0.2) is 48.5 Å². The Hall–Kier alpha value is -3.48. The number of rotatable bonds is 7. The lowest BCUT2D eigenvalue weighted by Gasteiger charge is -2.45. The molecule has 2 heterocycles. The maximum Gasteiger partial charge on any atom is 0.271 e. The topological polar surface area (TPSA) is 72.8 Å². The smallest absolute Gasteiger partial charge is 0.271 e. The summed E-state index contributed by atoms with van der Waals surface area (Å²) in [6.45, 7) is 2.76. The van der Waals surface area contributed by atoms with E-state index in [1.165, 1.54) is 6.42 Å². The summed E-state index contributed by atoms with van der Waals surface area (Å²) in [6, 6.07) is 15.9. The van der Waals surface area contributed by atoms with Gasteiger partial charge in [0.2, 0.25) is 5.91 Å². The Bertz CT molecular complexity index is 1280. The average Bonchev–Trinajstić information content (AvgIpc) is 3.27. The Morgan fingerprint density at radius 1 is 1.03 bits per heavy atom. The normalized spacial score (nSPS) is 20.3. The third kappa shape index (κ3) is 4.31. The molecule has 2 aliphatic rings. The van der Waals surface area contributed by atoms with E-state index >= 15 is 0 Å². The highest BCUT2D eigenvalue weighted by molar-refractivity contribution is 6.03. The number of hydrogen-bond donors (Lipinski definition) is 1. The molecule has 7 nitrogen and oxygen atoms in total. The molecule has 1 aromatic heterocycles. The number of methoxy groups -OCH3 is 2. The number of carbonyl (C=O) groups is 2. The molecule has 0 bridgehead atoms. The molecule has 1 saturated carbocycles. The van der Waals surface area contributed by atoms with Gasteiger partial charge in [-0.2, -0.15) is 0 Å². The third-order valence-corrected chi connectivity index (χ3v) is 7.84. The van der Waals surface area contributed by atoms with E-state index in [2.05, 4.69) is 5.32 Å². The molecule has 190 valence electrons. The SMILES string of the molecule is COc1ccc(CCN2C(=O)c3cc4ccccc4n3C[C@@]2(C)C(=O)NC2CCCCC2)cc1OC. The zero-order chi connectivity index (χ0) is 25.3. The van der Waals surface area contributed by atoms with E-state index in [0.717, 1.165) is 42.1 Å². The number of ether oxygens (including phenoxy) is 2. The van der Waals surface area contributed by atoms with E-state index in [0.29, 0.717) is 36.7 Å². The zero-order valence-electron chi connectivity index (χ0n) is 21.4. The molecular formula is C29H35N3O4. The highest BCUT2D eigenvalue weighted by Gasteiger charge is 2.47. The summed E-state index contributed by atoms with van der Waals surface area (Å²) in [7, 11) is 3.22. The predicted molar refractivity (Wildman–Crippen MR) is 140 cm³/mol. The van der Waals surface area contributed by atoms with E-state index in [-0.39, 0.29) is 17.9 Å². The van der Waals surface area contributed by atoms with Crippen molar-refractivity contribution in [2.75, 3.05) is 20.8 Å². The fourth-order valence-corrected chi connectivity index (χ4v) is 5.72. The van der Waals surface area contributed by atoms with Crippen LogP contribution in [0.1, 0.15) is 55.1 Å². The summed E-state index contributed by atoms with van der Waals surface area (Å²) in [4.78, 5) is 29.5. The van der Waals surface area contributed by atoms with Gasteiger partial charge in [0.15, 0.2) is 11.5 Å². The highest BCUT2D eigenvalue weighted by atomic mass is 16.5. The van der Waals surface area contributed by atoms with Gasteiger partial charge in [-0.3, -0.25) is 9.59 Å². The average molecular weight is 490 g/mol. The summed E-state index contributed by atoms with van der Waals surface area (Å²) in [5.41, 5.74) is 1.63. The number of aromatic nitrogens is 1. The van der Waals surface area contributed by atoms with Crippen molar-refractivity contribution >= 4 is 22.7 Å². The van der Waals surface area contributed by atoms with Gasteiger partial charge in [0, 0.05) is 23.5 Å². The molecule has 0 saturated heterocycles. The van der Waals surface area contributed by atoms with Crippen molar-refractivity contribution in [2.45, 2.75) is 63.6 Å². The first-order valence-corrected chi connectivity index (χ1v) is 12.9. The molecule has 7 heteroatoms. The van der Waals surface area contributed by atoms with Crippen LogP contribution in [-0.4, -0.2) is 53.6 Å². The van der Waals surface area contributed by atoms with Crippen LogP contribution in [0.3, 0.4) is 0 Å². The second kappa shape index (κ2) is 9.88. The van der Waals surface area contributed by atoms with Crippen LogP contribution in [0.2, 0.25) is 0 Å². The van der Waals surface area contributed by atoms with E-state index in [9.17, 15) is 9.59 Å². The van der Waals surface area contributed by atoms with E-state index in [4.69, 9.17) is 9.47 Å². The molecule has 1 N–H and O–H groups in total.